The number of likely N-dealkylation sites (tertiary alicyclic amines) is 1. The van der Waals surface area contributed by atoms with Gasteiger partial charge >= 0.3 is 0 Å². The van der Waals surface area contributed by atoms with E-state index in [9.17, 15) is 4.79 Å². The van der Waals surface area contributed by atoms with E-state index >= 15 is 0 Å². The van der Waals surface area contributed by atoms with Crippen molar-refractivity contribution >= 4 is 17.7 Å². The lowest BCUT2D eigenvalue weighted by molar-refractivity contribution is -0.118. The lowest BCUT2D eigenvalue weighted by atomic mass is 10.1. The van der Waals surface area contributed by atoms with Crippen molar-refractivity contribution in [2.24, 2.45) is 0 Å². The van der Waals surface area contributed by atoms with Gasteiger partial charge in [0, 0.05) is 6.54 Å². The minimum Gasteiger partial charge on any atom is -0.355 e. The first-order chi connectivity index (χ1) is 13.2. The zero-order valence-electron chi connectivity index (χ0n) is 16.1. The first-order valence-electron chi connectivity index (χ1n) is 9.78. The first kappa shape index (κ1) is 19.9. The molecule has 0 radical (unpaired) electrons. The Balaban J connectivity index is 1.39. The molecule has 1 N–H and O–H groups in total. The summed E-state index contributed by atoms with van der Waals surface area (Å²) in [6.07, 6.45) is 5.00. The van der Waals surface area contributed by atoms with Crippen LogP contribution >= 0.6 is 11.8 Å². The van der Waals surface area contributed by atoms with Gasteiger partial charge in [0.25, 0.3) is 0 Å². The monoisotopic (exact) mass is 387 g/mol. The second-order valence-corrected chi connectivity index (χ2v) is 7.94. The van der Waals surface area contributed by atoms with Gasteiger partial charge in [0.2, 0.25) is 5.91 Å². The van der Waals surface area contributed by atoms with E-state index in [1.54, 1.807) is 0 Å². The number of amides is 1. The van der Waals surface area contributed by atoms with Crippen LogP contribution in [0, 0.1) is 6.92 Å². The third-order valence-electron chi connectivity index (χ3n) is 4.84. The number of aryl methyl sites for hydroxylation is 1. The molecule has 1 aliphatic heterocycles. The largest absolute Gasteiger partial charge is 0.355 e. The van der Waals surface area contributed by atoms with Crippen molar-refractivity contribution < 1.29 is 4.79 Å². The predicted octanol–water partition coefficient (Wildman–Crippen LogP) is 2.72. The third-order valence-corrected chi connectivity index (χ3v) is 5.81. The Morgan fingerprint density at radius 2 is 1.93 bits per heavy atom. The van der Waals surface area contributed by atoms with Crippen molar-refractivity contribution in [1.82, 2.24) is 25.0 Å². The number of carbonyl (C=O) groups is 1. The fourth-order valence-corrected chi connectivity index (χ4v) is 4.12. The van der Waals surface area contributed by atoms with Crippen molar-refractivity contribution in [2.75, 3.05) is 31.9 Å². The van der Waals surface area contributed by atoms with E-state index in [2.05, 4.69) is 37.1 Å². The molecule has 7 heteroatoms. The molecule has 146 valence electrons. The van der Waals surface area contributed by atoms with Gasteiger partial charge in [-0.3, -0.25) is 4.79 Å². The molecule has 0 aliphatic carbocycles. The van der Waals surface area contributed by atoms with Crippen LogP contribution in [0.4, 0.5) is 0 Å². The van der Waals surface area contributed by atoms with E-state index in [1.807, 2.05) is 25.1 Å². The molecule has 0 bridgehead atoms. The fraction of sp³-hybridized carbons (Fsp3) is 0.550. The van der Waals surface area contributed by atoms with E-state index in [0.29, 0.717) is 5.75 Å². The van der Waals surface area contributed by atoms with Crippen LogP contribution in [0.3, 0.4) is 0 Å². The van der Waals surface area contributed by atoms with E-state index in [-0.39, 0.29) is 5.91 Å². The molecule has 27 heavy (non-hydrogen) atoms. The van der Waals surface area contributed by atoms with Gasteiger partial charge in [-0.25, -0.2) is 0 Å². The zero-order chi connectivity index (χ0) is 18.9. The Kier molecular flexibility index (Phi) is 7.71. The molecule has 1 aromatic carbocycles. The van der Waals surface area contributed by atoms with Crippen molar-refractivity contribution in [2.45, 2.75) is 44.3 Å². The topological polar surface area (TPSA) is 63.1 Å². The third kappa shape index (κ3) is 6.36. The number of nitrogens with zero attached hydrogens (tertiary/aromatic N) is 4. The van der Waals surface area contributed by atoms with Gasteiger partial charge in [0.05, 0.1) is 12.3 Å². The first-order valence-corrected chi connectivity index (χ1v) is 10.8. The number of hydrogen-bond donors (Lipinski definition) is 1. The van der Waals surface area contributed by atoms with Gasteiger partial charge in [-0.2, -0.15) is 0 Å². The second kappa shape index (κ2) is 10.5. The molecular formula is C20H29N5OS. The lowest BCUT2D eigenvalue weighted by Crippen LogP contribution is -2.33. The molecule has 1 aromatic heterocycles. The molecule has 1 saturated heterocycles. The van der Waals surface area contributed by atoms with Gasteiger partial charge in [-0.15, -0.1) is 10.2 Å². The molecule has 0 saturated carbocycles. The molecule has 1 aliphatic rings. The average molecular weight is 388 g/mol. The van der Waals surface area contributed by atoms with Gasteiger partial charge < -0.3 is 14.8 Å². The normalized spacial score (nSPS) is 15.0. The number of thioether (sulfide) groups is 1. The molecule has 2 aromatic rings. The highest BCUT2D eigenvalue weighted by atomic mass is 32.2. The summed E-state index contributed by atoms with van der Waals surface area (Å²) in [4.78, 5) is 14.6. The number of aromatic nitrogens is 3. The van der Waals surface area contributed by atoms with Crippen LogP contribution in [-0.4, -0.2) is 57.5 Å². The quantitative estimate of drug-likeness (QED) is 0.529. The van der Waals surface area contributed by atoms with Crippen molar-refractivity contribution in [1.29, 1.82) is 0 Å². The number of benzene rings is 1. The highest BCUT2D eigenvalue weighted by Gasteiger charge is 2.13. The molecule has 0 atom stereocenters. The Bertz CT molecular complexity index is 712. The maximum absolute atomic E-state index is 12.1. The number of piperidine rings is 1. The van der Waals surface area contributed by atoms with Crippen LogP contribution in [-0.2, 0) is 11.3 Å². The van der Waals surface area contributed by atoms with Crippen molar-refractivity contribution in [3.63, 3.8) is 0 Å². The van der Waals surface area contributed by atoms with Gasteiger partial charge in [0.15, 0.2) is 5.16 Å². The van der Waals surface area contributed by atoms with Crippen LogP contribution in [0.25, 0.3) is 0 Å². The summed E-state index contributed by atoms with van der Waals surface area (Å²) in [5.74, 6) is 1.30. The Hall–Kier alpha value is -1.86. The maximum Gasteiger partial charge on any atom is 0.230 e. The number of hydrogen-bond acceptors (Lipinski definition) is 5. The molecule has 3 rings (SSSR count). The van der Waals surface area contributed by atoms with E-state index in [4.69, 9.17) is 0 Å². The highest BCUT2D eigenvalue weighted by molar-refractivity contribution is 7.99. The molecule has 1 amide bonds. The number of nitrogens with one attached hydrogen (secondary N) is 1. The Labute approximate surface area is 165 Å². The molecule has 1 fully saturated rings. The smallest absolute Gasteiger partial charge is 0.230 e. The predicted molar refractivity (Wildman–Crippen MR) is 109 cm³/mol. The van der Waals surface area contributed by atoms with Crippen LogP contribution in [0.15, 0.2) is 35.5 Å². The maximum atomic E-state index is 12.1. The number of carbonyl (C=O) groups excluding carboxylic acids is 1. The second-order valence-electron chi connectivity index (χ2n) is 7.00. The summed E-state index contributed by atoms with van der Waals surface area (Å²) in [6.45, 7) is 6.91. The average Bonchev–Trinajstić information content (AvgIpc) is 3.05. The van der Waals surface area contributed by atoms with Crippen LogP contribution in [0.5, 0.6) is 0 Å². The van der Waals surface area contributed by atoms with E-state index < -0.39 is 0 Å². The molecule has 2 heterocycles. The summed E-state index contributed by atoms with van der Waals surface area (Å²) < 4.78 is 2.06. The molecular weight excluding hydrogens is 358 g/mol. The lowest BCUT2D eigenvalue weighted by Gasteiger charge is -2.26. The molecule has 6 nitrogen and oxygen atoms in total. The molecule has 0 spiro atoms. The highest BCUT2D eigenvalue weighted by Crippen LogP contribution is 2.18. The zero-order valence-corrected chi connectivity index (χ0v) is 16.9. The van der Waals surface area contributed by atoms with Crippen LogP contribution in [0.1, 0.15) is 37.1 Å². The SMILES string of the molecule is Cc1nnc(SCC(=O)NCCCN2CCCCC2)n1Cc1ccccc1. The fourth-order valence-electron chi connectivity index (χ4n) is 3.31. The summed E-state index contributed by atoms with van der Waals surface area (Å²) in [5, 5.41) is 12.2. The minimum atomic E-state index is 0.0607. The summed E-state index contributed by atoms with van der Waals surface area (Å²) in [7, 11) is 0. The van der Waals surface area contributed by atoms with Crippen molar-refractivity contribution in [3.05, 3.63) is 41.7 Å². The standard InChI is InChI=1S/C20H29N5OS/c1-17-22-23-20(25(17)15-18-9-4-2-5-10-18)27-16-19(26)21-11-8-14-24-12-6-3-7-13-24/h2,4-5,9-10H,3,6-8,11-16H2,1H3,(H,21,26). The Morgan fingerprint density at radius 1 is 1.15 bits per heavy atom. The van der Waals surface area contributed by atoms with E-state index in [1.165, 1.54) is 49.7 Å². The minimum absolute atomic E-state index is 0.0607. The van der Waals surface area contributed by atoms with Crippen LogP contribution in [0.2, 0.25) is 0 Å². The summed E-state index contributed by atoms with van der Waals surface area (Å²) >= 11 is 1.45. The summed E-state index contributed by atoms with van der Waals surface area (Å²) in [6, 6.07) is 10.2. The van der Waals surface area contributed by atoms with Gasteiger partial charge in [-0.05, 0) is 51.4 Å². The van der Waals surface area contributed by atoms with Crippen molar-refractivity contribution in [3.8, 4) is 0 Å². The number of rotatable bonds is 9. The Morgan fingerprint density at radius 3 is 2.70 bits per heavy atom. The van der Waals surface area contributed by atoms with Gasteiger partial charge in [-0.1, -0.05) is 48.5 Å². The summed E-state index contributed by atoms with van der Waals surface area (Å²) in [5.41, 5.74) is 1.20. The van der Waals surface area contributed by atoms with Crippen LogP contribution < -0.4 is 5.32 Å². The van der Waals surface area contributed by atoms with Gasteiger partial charge in [0.1, 0.15) is 5.82 Å². The van der Waals surface area contributed by atoms with E-state index in [0.717, 1.165) is 37.0 Å². The molecule has 0 unspecified atom stereocenters.